The lowest BCUT2D eigenvalue weighted by molar-refractivity contribution is -0.384. The number of nitrogens with zero attached hydrogens (tertiary/aromatic N) is 3. The minimum atomic E-state index is -0.532. The fraction of sp³-hybridized carbons (Fsp3) is 0.0476. The number of hydrogen-bond donors (Lipinski definition) is 2. The van der Waals surface area contributed by atoms with E-state index in [-0.39, 0.29) is 28.0 Å². The van der Waals surface area contributed by atoms with Crippen LogP contribution in [0.5, 0.6) is 0 Å². The zero-order chi connectivity index (χ0) is 22.5. The minimum Gasteiger partial charge on any atom is -0.326 e. The van der Waals surface area contributed by atoms with E-state index in [0.717, 1.165) is 0 Å². The van der Waals surface area contributed by atoms with Gasteiger partial charge in [0.1, 0.15) is 11.8 Å². The lowest BCUT2D eigenvalue weighted by Crippen LogP contribution is -2.23. The second-order valence-electron chi connectivity index (χ2n) is 6.42. The fourth-order valence-corrected chi connectivity index (χ4v) is 3.03. The van der Waals surface area contributed by atoms with Crippen LogP contribution < -0.4 is 10.6 Å². The smallest absolute Gasteiger partial charge is 0.274 e. The van der Waals surface area contributed by atoms with Crippen molar-refractivity contribution in [3.8, 4) is 6.07 Å². The van der Waals surface area contributed by atoms with Crippen LogP contribution in [0.15, 0.2) is 60.4 Å². The van der Waals surface area contributed by atoms with E-state index in [4.69, 9.17) is 12.2 Å². The van der Waals surface area contributed by atoms with Gasteiger partial charge in [-0.15, -0.1) is 0 Å². The number of non-ortho nitro benzene ring substituents is 1. The van der Waals surface area contributed by atoms with Crippen LogP contribution in [0.1, 0.15) is 18.1 Å². The number of carbonyl (C=O) groups excluding carboxylic acids is 2. The molecule has 1 fully saturated rings. The van der Waals surface area contributed by atoms with Gasteiger partial charge in [0.2, 0.25) is 5.91 Å². The van der Waals surface area contributed by atoms with Gasteiger partial charge in [-0.1, -0.05) is 12.1 Å². The van der Waals surface area contributed by atoms with Crippen molar-refractivity contribution < 1.29 is 14.5 Å². The van der Waals surface area contributed by atoms with E-state index in [1.54, 1.807) is 30.3 Å². The van der Waals surface area contributed by atoms with Gasteiger partial charge in [0.25, 0.3) is 11.6 Å². The first-order valence-electron chi connectivity index (χ1n) is 8.89. The largest absolute Gasteiger partial charge is 0.326 e. The number of nitro groups is 1. The summed E-state index contributed by atoms with van der Waals surface area (Å²) in [7, 11) is 0. The first-order valence-corrected chi connectivity index (χ1v) is 9.30. The van der Waals surface area contributed by atoms with Crippen LogP contribution in [0.2, 0.25) is 0 Å². The third kappa shape index (κ3) is 4.98. The number of nitriles is 1. The maximum absolute atomic E-state index is 12.4. The number of thiocarbonyl (C=S) groups is 1. The third-order valence-electron chi connectivity index (χ3n) is 4.23. The highest BCUT2D eigenvalue weighted by Gasteiger charge is 2.29. The molecule has 154 valence electrons. The van der Waals surface area contributed by atoms with Gasteiger partial charge in [-0.25, -0.2) is 0 Å². The Morgan fingerprint density at radius 3 is 2.42 bits per heavy atom. The molecule has 9 nitrogen and oxygen atoms in total. The van der Waals surface area contributed by atoms with Gasteiger partial charge in [-0.3, -0.25) is 29.9 Å². The van der Waals surface area contributed by atoms with Crippen molar-refractivity contribution in [3.63, 3.8) is 0 Å². The summed E-state index contributed by atoms with van der Waals surface area (Å²) in [6.07, 6.45) is 2.99. The average molecular weight is 433 g/mol. The number of nitro benzene ring substituents is 1. The summed E-state index contributed by atoms with van der Waals surface area (Å²) < 4.78 is 0. The number of amides is 2. The fourth-order valence-electron chi connectivity index (χ4n) is 2.79. The Morgan fingerprint density at radius 1 is 1.23 bits per heavy atom. The molecule has 0 aromatic heterocycles. The maximum atomic E-state index is 12.4. The SMILES string of the molecule is CC(=O)Nc1ccc(/C=C2\C(=O)NC(=S)N2C=C(C#N)c2ccc([N+](=O)[O-])cc2)cc1. The Morgan fingerprint density at radius 2 is 1.87 bits per heavy atom. The van der Waals surface area contributed by atoms with Gasteiger partial charge in [0.05, 0.1) is 10.5 Å². The number of benzene rings is 2. The van der Waals surface area contributed by atoms with Crippen molar-refractivity contribution in [3.05, 3.63) is 81.7 Å². The van der Waals surface area contributed by atoms with E-state index < -0.39 is 10.8 Å². The molecule has 0 atom stereocenters. The van der Waals surface area contributed by atoms with E-state index in [9.17, 15) is 25.0 Å². The molecule has 1 aliphatic rings. The van der Waals surface area contributed by atoms with Crippen molar-refractivity contribution in [2.24, 2.45) is 0 Å². The molecule has 0 unspecified atom stereocenters. The average Bonchev–Trinajstić information content (AvgIpc) is 2.99. The molecule has 0 radical (unpaired) electrons. The quantitative estimate of drug-likeness (QED) is 0.244. The molecule has 2 N–H and O–H groups in total. The Hall–Kier alpha value is -4.36. The predicted octanol–water partition coefficient (Wildman–Crippen LogP) is 3.18. The van der Waals surface area contributed by atoms with E-state index in [0.29, 0.717) is 16.8 Å². The Balaban J connectivity index is 1.94. The highest BCUT2D eigenvalue weighted by molar-refractivity contribution is 7.80. The summed E-state index contributed by atoms with van der Waals surface area (Å²) >= 11 is 5.21. The van der Waals surface area contributed by atoms with Crippen LogP contribution in [0, 0.1) is 21.4 Å². The standard InChI is InChI=1S/C21H15N5O4S/c1-13(27)23-17-6-2-14(3-7-17)10-19-20(28)24-21(31)25(19)12-16(11-22)15-4-8-18(9-5-15)26(29)30/h2-10,12H,1H3,(H,23,27)(H,24,28,31)/b16-12?,19-10+. The van der Waals surface area contributed by atoms with E-state index in [2.05, 4.69) is 10.6 Å². The molecule has 2 aromatic rings. The van der Waals surface area contributed by atoms with Crippen LogP contribution in [-0.4, -0.2) is 26.8 Å². The van der Waals surface area contributed by atoms with Crippen molar-refractivity contribution in [2.45, 2.75) is 6.92 Å². The van der Waals surface area contributed by atoms with Gasteiger partial charge < -0.3 is 5.32 Å². The second-order valence-corrected chi connectivity index (χ2v) is 6.81. The molecule has 0 saturated carbocycles. The Bertz CT molecular complexity index is 1180. The number of anilines is 1. The highest BCUT2D eigenvalue weighted by atomic mass is 32.1. The zero-order valence-corrected chi connectivity index (χ0v) is 17.0. The summed E-state index contributed by atoms with van der Waals surface area (Å²) in [6, 6.07) is 14.3. The molecule has 10 heteroatoms. The van der Waals surface area contributed by atoms with Crippen LogP contribution >= 0.6 is 12.2 Å². The van der Waals surface area contributed by atoms with Crippen LogP contribution in [-0.2, 0) is 9.59 Å². The lowest BCUT2D eigenvalue weighted by atomic mass is 10.1. The summed E-state index contributed by atoms with van der Waals surface area (Å²) in [5.41, 5.74) is 2.00. The molecule has 0 aliphatic carbocycles. The molecule has 1 saturated heterocycles. The van der Waals surface area contributed by atoms with Crippen molar-refractivity contribution in [1.29, 1.82) is 5.26 Å². The van der Waals surface area contributed by atoms with Crippen molar-refractivity contribution >= 4 is 52.2 Å². The van der Waals surface area contributed by atoms with E-state index in [1.807, 2.05) is 6.07 Å². The lowest BCUT2D eigenvalue weighted by Gasteiger charge is -2.13. The maximum Gasteiger partial charge on any atom is 0.274 e. The number of hydrogen-bond acceptors (Lipinski definition) is 6. The van der Waals surface area contributed by atoms with Gasteiger partial charge >= 0.3 is 0 Å². The van der Waals surface area contributed by atoms with Gasteiger partial charge in [-0.2, -0.15) is 5.26 Å². The zero-order valence-electron chi connectivity index (χ0n) is 16.2. The second kappa shape index (κ2) is 8.98. The van der Waals surface area contributed by atoms with Crippen LogP contribution in [0.3, 0.4) is 0 Å². The summed E-state index contributed by atoms with van der Waals surface area (Å²) in [5, 5.41) is 25.7. The monoisotopic (exact) mass is 433 g/mol. The third-order valence-corrected chi connectivity index (χ3v) is 4.53. The molecule has 31 heavy (non-hydrogen) atoms. The Labute approximate surface area is 182 Å². The van der Waals surface area contributed by atoms with Crippen molar-refractivity contribution in [1.82, 2.24) is 10.2 Å². The molecule has 1 heterocycles. The molecule has 2 amide bonds. The Kier molecular flexibility index (Phi) is 6.18. The number of nitrogens with one attached hydrogen (secondary N) is 2. The molecule has 2 aromatic carbocycles. The predicted molar refractivity (Wildman–Crippen MR) is 118 cm³/mol. The molecular formula is C21H15N5O4S. The first-order chi connectivity index (χ1) is 14.8. The minimum absolute atomic E-state index is 0.0979. The number of carbonyl (C=O) groups is 2. The van der Waals surface area contributed by atoms with Crippen molar-refractivity contribution in [2.75, 3.05) is 5.32 Å². The number of rotatable bonds is 5. The molecule has 3 rings (SSSR count). The van der Waals surface area contributed by atoms with Gasteiger partial charge in [0.15, 0.2) is 5.11 Å². The van der Waals surface area contributed by atoms with Crippen LogP contribution in [0.25, 0.3) is 11.6 Å². The van der Waals surface area contributed by atoms with Crippen LogP contribution in [0.4, 0.5) is 11.4 Å². The highest BCUT2D eigenvalue weighted by Crippen LogP contribution is 2.24. The first kappa shape index (κ1) is 21.4. The summed E-state index contributed by atoms with van der Waals surface area (Å²) in [6.45, 7) is 1.40. The molecular weight excluding hydrogens is 418 g/mol. The van der Waals surface area contributed by atoms with E-state index >= 15 is 0 Å². The van der Waals surface area contributed by atoms with E-state index in [1.165, 1.54) is 42.3 Å². The topological polar surface area (TPSA) is 128 Å². The van der Waals surface area contributed by atoms with Gasteiger partial charge in [-0.05, 0) is 53.7 Å². The molecule has 1 aliphatic heterocycles. The molecule has 0 bridgehead atoms. The molecule has 0 spiro atoms. The summed E-state index contributed by atoms with van der Waals surface area (Å²) in [4.78, 5) is 35.2. The number of allylic oxidation sites excluding steroid dienone is 1. The summed E-state index contributed by atoms with van der Waals surface area (Å²) in [5.74, 6) is -0.633. The normalized spacial score (nSPS) is 14.9. The van der Waals surface area contributed by atoms with Gasteiger partial charge in [0, 0.05) is 30.9 Å².